The van der Waals surface area contributed by atoms with Gasteiger partial charge in [0.25, 0.3) is 0 Å². The average molecular weight is 161 g/mol. The van der Waals surface area contributed by atoms with Crippen LogP contribution in [-0.2, 0) is 0 Å². The van der Waals surface area contributed by atoms with E-state index in [1.807, 2.05) is 24.3 Å². The molecule has 0 bridgehead atoms. The lowest BCUT2D eigenvalue weighted by atomic mass is 10.2. The van der Waals surface area contributed by atoms with Crippen LogP contribution >= 0.6 is 0 Å². The third kappa shape index (κ3) is 1.16. The molecule has 12 heavy (non-hydrogen) atoms. The first-order valence-corrected chi connectivity index (χ1v) is 3.81. The maximum absolute atomic E-state index is 5.48. The van der Waals surface area contributed by atoms with Gasteiger partial charge in [0, 0.05) is 0 Å². The summed E-state index contributed by atoms with van der Waals surface area (Å²) in [5, 5.41) is 0. The molecule has 1 aliphatic rings. The Bertz CT molecular complexity index is 294. The molecule has 61 valence electrons. The molecule has 1 radical (unpaired) electrons. The van der Waals surface area contributed by atoms with E-state index in [1.165, 1.54) is 0 Å². The van der Waals surface area contributed by atoms with Crippen LogP contribution in [0.5, 0.6) is 11.5 Å². The summed E-state index contributed by atoms with van der Waals surface area (Å²) in [6.45, 7) is 4.03. The van der Waals surface area contributed by atoms with Crippen LogP contribution in [0.15, 0.2) is 30.8 Å². The van der Waals surface area contributed by atoms with Gasteiger partial charge in [-0.2, -0.15) is 0 Å². The number of para-hydroxylation sites is 2. The molecule has 1 heterocycles. The van der Waals surface area contributed by atoms with E-state index in [-0.39, 0.29) is 6.10 Å². The normalized spacial score (nSPS) is 20.2. The van der Waals surface area contributed by atoms with E-state index in [1.54, 1.807) is 0 Å². The molecule has 1 aromatic carbocycles. The van der Waals surface area contributed by atoms with Crippen molar-refractivity contribution in [2.24, 2.45) is 0 Å². The van der Waals surface area contributed by atoms with Crippen LogP contribution in [-0.4, -0.2) is 12.7 Å². The Balaban J connectivity index is 2.28. The molecule has 1 aliphatic heterocycles. The molecule has 2 rings (SSSR count). The Morgan fingerprint density at radius 3 is 2.83 bits per heavy atom. The van der Waals surface area contributed by atoms with Crippen molar-refractivity contribution in [2.45, 2.75) is 6.10 Å². The standard InChI is InChI=1S/C10H9O2/c1-2-8-7-11-9-5-3-4-6-10(9)12-8/h3-6,8H,1,7H2. The SMILES string of the molecule is C=[C]C1COc2ccccc2O1. The molecule has 1 aromatic rings. The molecular weight excluding hydrogens is 152 g/mol. The van der Waals surface area contributed by atoms with Crippen LogP contribution in [0.1, 0.15) is 0 Å². The first-order chi connectivity index (χ1) is 5.90. The maximum atomic E-state index is 5.48. The molecule has 0 amide bonds. The van der Waals surface area contributed by atoms with Gasteiger partial charge in [0.05, 0.1) is 0 Å². The van der Waals surface area contributed by atoms with Gasteiger partial charge in [-0.05, 0) is 18.2 Å². The topological polar surface area (TPSA) is 18.5 Å². The highest BCUT2D eigenvalue weighted by Crippen LogP contribution is 2.30. The molecule has 1 atom stereocenters. The summed E-state index contributed by atoms with van der Waals surface area (Å²) >= 11 is 0. The molecule has 2 nitrogen and oxygen atoms in total. The molecule has 0 fully saturated rings. The van der Waals surface area contributed by atoms with Gasteiger partial charge >= 0.3 is 0 Å². The Morgan fingerprint density at radius 2 is 2.08 bits per heavy atom. The van der Waals surface area contributed by atoms with Crippen molar-refractivity contribution in [3.63, 3.8) is 0 Å². The fraction of sp³-hybridized carbons (Fsp3) is 0.200. The van der Waals surface area contributed by atoms with E-state index in [0.29, 0.717) is 6.61 Å². The number of benzene rings is 1. The average Bonchev–Trinajstić information content (AvgIpc) is 2.17. The summed E-state index contributed by atoms with van der Waals surface area (Å²) in [6, 6.07) is 7.58. The predicted molar refractivity (Wildman–Crippen MR) is 45.2 cm³/mol. The molecule has 0 saturated heterocycles. The minimum absolute atomic E-state index is 0.139. The van der Waals surface area contributed by atoms with Crippen molar-refractivity contribution >= 4 is 0 Å². The van der Waals surface area contributed by atoms with Gasteiger partial charge in [0.15, 0.2) is 17.6 Å². The summed E-state index contributed by atoms with van der Waals surface area (Å²) in [6.07, 6.45) is 2.61. The summed E-state index contributed by atoms with van der Waals surface area (Å²) in [7, 11) is 0. The van der Waals surface area contributed by atoms with Crippen LogP contribution in [0.25, 0.3) is 0 Å². The van der Waals surface area contributed by atoms with Gasteiger partial charge in [-0.25, -0.2) is 0 Å². The molecular formula is C10H9O2. The molecule has 2 heteroatoms. The largest absolute Gasteiger partial charge is 0.485 e. The van der Waals surface area contributed by atoms with Crippen molar-refractivity contribution in [1.82, 2.24) is 0 Å². The second-order valence-electron chi connectivity index (χ2n) is 2.57. The third-order valence-electron chi connectivity index (χ3n) is 1.74. The smallest absolute Gasteiger partial charge is 0.162 e. The predicted octanol–water partition coefficient (Wildman–Crippen LogP) is 1.82. The fourth-order valence-electron chi connectivity index (χ4n) is 1.12. The van der Waals surface area contributed by atoms with Crippen LogP contribution in [0.2, 0.25) is 0 Å². The Kier molecular flexibility index (Phi) is 1.74. The lowest BCUT2D eigenvalue weighted by molar-refractivity contribution is 0.118. The summed E-state index contributed by atoms with van der Waals surface area (Å²) < 4.78 is 10.9. The van der Waals surface area contributed by atoms with E-state index in [4.69, 9.17) is 9.47 Å². The summed E-state index contributed by atoms with van der Waals surface area (Å²) in [4.78, 5) is 0. The zero-order chi connectivity index (χ0) is 8.39. The zero-order valence-electron chi connectivity index (χ0n) is 6.62. The van der Waals surface area contributed by atoms with Gasteiger partial charge in [-0.1, -0.05) is 18.7 Å². The van der Waals surface area contributed by atoms with Gasteiger partial charge < -0.3 is 9.47 Å². The Hall–Kier alpha value is -1.44. The number of ether oxygens (including phenoxy) is 2. The van der Waals surface area contributed by atoms with Crippen molar-refractivity contribution in [2.75, 3.05) is 6.61 Å². The van der Waals surface area contributed by atoms with E-state index in [0.717, 1.165) is 11.5 Å². The third-order valence-corrected chi connectivity index (χ3v) is 1.74. The van der Waals surface area contributed by atoms with Crippen molar-refractivity contribution in [3.8, 4) is 11.5 Å². The molecule has 0 saturated carbocycles. The second kappa shape index (κ2) is 2.89. The first kappa shape index (κ1) is 7.22. The lowest BCUT2D eigenvalue weighted by Crippen LogP contribution is -2.27. The molecule has 0 aliphatic carbocycles. The highest BCUT2D eigenvalue weighted by atomic mass is 16.6. The van der Waals surface area contributed by atoms with E-state index < -0.39 is 0 Å². The second-order valence-corrected chi connectivity index (χ2v) is 2.57. The van der Waals surface area contributed by atoms with Crippen molar-refractivity contribution < 1.29 is 9.47 Å². The highest BCUT2D eigenvalue weighted by Gasteiger charge is 2.17. The molecule has 0 spiro atoms. The fourth-order valence-corrected chi connectivity index (χ4v) is 1.12. The number of hydrogen-bond donors (Lipinski definition) is 0. The summed E-state index contributed by atoms with van der Waals surface area (Å²) in [5.74, 6) is 1.56. The molecule has 0 N–H and O–H groups in total. The van der Waals surface area contributed by atoms with Gasteiger partial charge in [-0.3, -0.25) is 0 Å². The first-order valence-electron chi connectivity index (χ1n) is 3.81. The van der Waals surface area contributed by atoms with Crippen LogP contribution in [0.3, 0.4) is 0 Å². The lowest BCUT2D eigenvalue weighted by Gasteiger charge is -2.23. The quantitative estimate of drug-likeness (QED) is 0.625. The zero-order valence-corrected chi connectivity index (χ0v) is 6.62. The highest BCUT2D eigenvalue weighted by molar-refractivity contribution is 5.40. The van der Waals surface area contributed by atoms with Gasteiger partial charge in [0.2, 0.25) is 0 Å². The molecule has 1 unspecified atom stereocenters. The maximum Gasteiger partial charge on any atom is 0.162 e. The minimum Gasteiger partial charge on any atom is -0.485 e. The van der Waals surface area contributed by atoms with E-state index in [2.05, 4.69) is 12.7 Å². The van der Waals surface area contributed by atoms with E-state index in [9.17, 15) is 0 Å². The van der Waals surface area contributed by atoms with Crippen LogP contribution in [0, 0.1) is 6.08 Å². The van der Waals surface area contributed by atoms with Crippen LogP contribution in [0.4, 0.5) is 0 Å². The van der Waals surface area contributed by atoms with Crippen LogP contribution < -0.4 is 9.47 Å². The number of rotatable bonds is 1. The number of fused-ring (bicyclic) bond motifs is 1. The number of hydrogen-bond acceptors (Lipinski definition) is 2. The molecule has 0 aromatic heterocycles. The van der Waals surface area contributed by atoms with Gasteiger partial charge in [-0.15, -0.1) is 0 Å². The van der Waals surface area contributed by atoms with Crippen molar-refractivity contribution in [1.29, 1.82) is 0 Å². The van der Waals surface area contributed by atoms with Gasteiger partial charge in [0.1, 0.15) is 6.61 Å². The Labute approximate surface area is 71.4 Å². The summed E-state index contributed by atoms with van der Waals surface area (Å²) in [5.41, 5.74) is 0. The monoisotopic (exact) mass is 161 g/mol. The van der Waals surface area contributed by atoms with Crippen molar-refractivity contribution in [3.05, 3.63) is 36.9 Å². The minimum atomic E-state index is -0.139. The Morgan fingerprint density at radius 1 is 1.33 bits per heavy atom. The van der Waals surface area contributed by atoms with E-state index >= 15 is 0 Å².